The Bertz CT molecular complexity index is 1020. The number of anilines is 1. The predicted molar refractivity (Wildman–Crippen MR) is 92.6 cm³/mol. The number of rotatable bonds is 5. The first kappa shape index (κ1) is 16.8. The molecule has 2 aromatic heterocycles. The van der Waals surface area contributed by atoms with Gasteiger partial charge < -0.3 is 20.1 Å². The van der Waals surface area contributed by atoms with E-state index >= 15 is 0 Å². The number of nitrogens with two attached hydrogens (primary N) is 1. The number of imidazole rings is 1. The first-order chi connectivity index (χ1) is 11.9. The Balaban J connectivity index is 1.90. The van der Waals surface area contributed by atoms with E-state index in [1.807, 2.05) is 18.2 Å². The smallest absolute Gasteiger partial charge is 0.332 e. The minimum atomic E-state index is -0.915. The zero-order valence-corrected chi connectivity index (χ0v) is 13.9. The van der Waals surface area contributed by atoms with E-state index in [4.69, 9.17) is 10.5 Å². The number of fused-ring (bicyclic) bond motifs is 1. The molecule has 25 heavy (non-hydrogen) atoms. The highest BCUT2D eigenvalue weighted by Gasteiger charge is 2.19. The summed E-state index contributed by atoms with van der Waals surface area (Å²) in [6.45, 7) is 0.0395. The molecule has 1 aromatic carbocycles. The van der Waals surface area contributed by atoms with Crippen molar-refractivity contribution in [2.45, 2.75) is 12.6 Å². The normalized spacial score (nSPS) is 12.4. The van der Waals surface area contributed by atoms with Crippen molar-refractivity contribution in [1.82, 2.24) is 18.7 Å². The molecule has 2 heterocycles. The number of nitrogens with zero attached hydrogens (tertiary/aromatic N) is 4. The van der Waals surface area contributed by atoms with Crippen LogP contribution in [0.1, 0.15) is 0 Å². The molecule has 132 valence electrons. The van der Waals surface area contributed by atoms with Crippen molar-refractivity contribution in [3.8, 4) is 5.75 Å². The lowest BCUT2D eigenvalue weighted by Crippen LogP contribution is -2.38. The molecule has 0 saturated carbocycles. The first-order valence-corrected chi connectivity index (χ1v) is 7.67. The van der Waals surface area contributed by atoms with Crippen LogP contribution in [0.25, 0.3) is 11.2 Å². The fraction of sp³-hybridized carbons (Fsp3) is 0.312. The number of aliphatic hydroxyl groups excluding tert-OH is 1. The highest BCUT2D eigenvalue weighted by atomic mass is 16.5. The summed E-state index contributed by atoms with van der Waals surface area (Å²) >= 11 is 0. The summed E-state index contributed by atoms with van der Waals surface area (Å²) in [6.07, 6.45) is -0.915. The van der Waals surface area contributed by atoms with Gasteiger partial charge in [-0.05, 0) is 12.1 Å². The summed E-state index contributed by atoms with van der Waals surface area (Å²) in [5.74, 6) is 0.676. The Hall–Kier alpha value is -3.07. The molecule has 0 saturated heterocycles. The Labute approximate surface area is 142 Å². The summed E-state index contributed by atoms with van der Waals surface area (Å²) in [7, 11) is 2.89. The molecule has 3 N–H and O–H groups in total. The molecule has 0 aliphatic carbocycles. The zero-order chi connectivity index (χ0) is 18.1. The highest BCUT2D eigenvalue weighted by Crippen LogP contribution is 2.14. The molecular formula is C16H19N5O4. The lowest BCUT2D eigenvalue weighted by atomic mass is 10.3. The Morgan fingerprint density at radius 2 is 1.88 bits per heavy atom. The van der Waals surface area contributed by atoms with Crippen molar-refractivity contribution in [3.63, 3.8) is 0 Å². The first-order valence-electron chi connectivity index (χ1n) is 7.67. The summed E-state index contributed by atoms with van der Waals surface area (Å²) in [6, 6.07) is 9.07. The predicted octanol–water partition coefficient (Wildman–Crippen LogP) is -0.544. The van der Waals surface area contributed by atoms with Crippen LogP contribution in [-0.2, 0) is 20.6 Å². The van der Waals surface area contributed by atoms with Gasteiger partial charge in [0.1, 0.15) is 18.5 Å². The number of aryl methyl sites for hydroxylation is 1. The van der Waals surface area contributed by atoms with Gasteiger partial charge in [-0.1, -0.05) is 18.2 Å². The number of ether oxygens (including phenoxy) is 1. The van der Waals surface area contributed by atoms with Crippen LogP contribution in [0, 0.1) is 0 Å². The maximum atomic E-state index is 12.4. The average Bonchev–Trinajstić information content (AvgIpc) is 2.94. The van der Waals surface area contributed by atoms with Crippen molar-refractivity contribution >= 4 is 17.1 Å². The van der Waals surface area contributed by atoms with Crippen molar-refractivity contribution in [1.29, 1.82) is 0 Å². The fourth-order valence-electron chi connectivity index (χ4n) is 2.62. The van der Waals surface area contributed by atoms with Gasteiger partial charge in [0.15, 0.2) is 11.2 Å². The summed E-state index contributed by atoms with van der Waals surface area (Å²) in [5, 5.41) is 10.2. The molecule has 3 aromatic rings. The average molecular weight is 345 g/mol. The SMILES string of the molecule is Cn1c(=O)c2c(nc(N)n2C[C@H](O)COc2ccccc2)n(C)c1=O. The van der Waals surface area contributed by atoms with Gasteiger partial charge in [-0.15, -0.1) is 0 Å². The van der Waals surface area contributed by atoms with Gasteiger partial charge in [0.05, 0.1) is 6.54 Å². The van der Waals surface area contributed by atoms with Crippen LogP contribution in [0.2, 0.25) is 0 Å². The molecule has 9 heteroatoms. The van der Waals surface area contributed by atoms with E-state index in [9.17, 15) is 14.7 Å². The third kappa shape index (κ3) is 3.01. The number of benzene rings is 1. The van der Waals surface area contributed by atoms with Gasteiger partial charge in [0.25, 0.3) is 5.56 Å². The number of hydrogen-bond donors (Lipinski definition) is 2. The summed E-state index contributed by atoms with van der Waals surface area (Å²) < 4.78 is 9.13. The van der Waals surface area contributed by atoms with E-state index in [-0.39, 0.29) is 30.3 Å². The zero-order valence-electron chi connectivity index (χ0n) is 13.9. The van der Waals surface area contributed by atoms with Gasteiger partial charge in [0.2, 0.25) is 5.95 Å². The van der Waals surface area contributed by atoms with Crippen LogP contribution < -0.4 is 21.7 Å². The van der Waals surface area contributed by atoms with Crippen LogP contribution >= 0.6 is 0 Å². The molecule has 0 aliphatic heterocycles. The standard InChI is InChI=1S/C16H19N5O4/c1-19-13-12(14(23)20(2)16(19)24)21(15(17)18-13)8-10(22)9-25-11-6-4-3-5-7-11/h3-7,10,22H,8-9H2,1-2H3,(H2,17,18)/t10-/m0/s1. The fourth-order valence-corrected chi connectivity index (χ4v) is 2.62. The van der Waals surface area contributed by atoms with Crippen LogP contribution in [0.3, 0.4) is 0 Å². The van der Waals surface area contributed by atoms with E-state index in [1.54, 1.807) is 12.1 Å². The van der Waals surface area contributed by atoms with E-state index in [0.717, 1.165) is 4.57 Å². The molecule has 0 radical (unpaired) electrons. The maximum Gasteiger partial charge on any atom is 0.332 e. The highest BCUT2D eigenvalue weighted by molar-refractivity contribution is 5.73. The van der Waals surface area contributed by atoms with Crippen molar-refractivity contribution < 1.29 is 9.84 Å². The number of aromatic nitrogens is 4. The maximum absolute atomic E-state index is 12.4. The van der Waals surface area contributed by atoms with Crippen molar-refractivity contribution in [2.75, 3.05) is 12.3 Å². The van der Waals surface area contributed by atoms with Crippen LogP contribution in [0.15, 0.2) is 39.9 Å². The molecule has 0 amide bonds. The Morgan fingerprint density at radius 1 is 1.20 bits per heavy atom. The molecule has 0 aliphatic rings. The van der Waals surface area contributed by atoms with Gasteiger partial charge in [-0.25, -0.2) is 4.79 Å². The second kappa shape index (κ2) is 6.44. The van der Waals surface area contributed by atoms with Gasteiger partial charge in [-0.3, -0.25) is 13.9 Å². The Morgan fingerprint density at radius 3 is 2.56 bits per heavy atom. The Kier molecular flexibility index (Phi) is 4.32. The molecule has 0 unspecified atom stereocenters. The molecule has 0 spiro atoms. The van der Waals surface area contributed by atoms with E-state index < -0.39 is 17.4 Å². The van der Waals surface area contributed by atoms with Gasteiger partial charge >= 0.3 is 5.69 Å². The second-order valence-electron chi connectivity index (χ2n) is 5.74. The van der Waals surface area contributed by atoms with E-state index in [2.05, 4.69) is 4.98 Å². The van der Waals surface area contributed by atoms with Crippen LogP contribution in [-0.4, -0.2) is 36.5 Å². The second-order valence-corrected chi connectivity index (χ2v) is 5.74. The third-order valence-electron chi connectivity index (χ3n) is 3.96. The van der Waals surface area contributed by atoms with Crippen molar-refractivity contribution in [2.24, 2.45) is 14.1 Å². The van der Waals surface area contributed by atoms with Crippen molar-refractivity contribution in [3.05, 3.63) is 51.2 Å². The van der Waals surface area contributed by atoms with E-state index in [1.165, 1.54) is 23.2 Å². The summed E-state index contributed by atoms with van der Waals surface area (Å²) in [5.41, 5.74) is 5.23. The topological polar surface area (TPSA) is 117 Å². The largest absolute Gasteiger partial charge is 0.491 e. The molecule has 0 fully saturated rings. The quantitative estimate of drug-likeness (QED) is 0.641. The third-order valence-corrected chi connectivity index (χ3v) is 3.96. The number of para-hydroxylation sites is 1. The minimum Gasteiger partial charge on any atom is -0.491 e. The van der Waals surface area contributed by atoms with Gasteiger partial charge in [0, 0.05) is 14.1 Å². The van der Waals surface area contributed by atoms with E-state index in [0.29, 0.717) is 5.75 Å². The molecule has 1 atom stereocenters. The molecule has 0 bridgehead atoms. The number of nitrogen functional groups attached to an aromatic ring is 1. The van der Waals surface area contributed by atoms with Crippen LogP contribution in [0.4, 0.5) is 5.95 Å². The van der Waals surface area contributed by atoms with Crippen LogP contribution in [0.5, 0.6) is 5.75 Å². The van der Waals surface area contributed by atoms with Gasteiger partial charge in [-0.2, -0.15) is 4.98 Å². The molecule has 9 nitrogen and oxygen atoms in total. The molecular weight excluding hydrogens is 326 g/mol. The minimum absolute atomic E-state index is 0.0165. The number of aliphatic hydroxyl groups is 1. The summed E-state index contributed by atoms with van der Waals surface area (Å²) in [4.78, 5) is 28.5. The lowest BCUT2D eigenvalue weighted by molar-refractivity contribution is 0.0938. The molecule has 3 rings (SSSR count). The number of hydrogen-bond acceptors (Lipinski definition) is 6. The lowest BCUT2D eigenvalue weighted by Gasteiger charge is -2.14. The monoisotopic (exact) mass is 345 g/mol.